The molecular formula is C110H89F3N18O15. The van der Waals surface area contributed by atoms with Gasteiger partial charge in [0.05, 0.1) is 149 Å². The van der Waals surface area contributed by atoms with Crippen LogP contribution >= 0.6 is 0 Å². The lowest BCUT2D eigenvalue weighted by Crippen LogP contribution is -2.16. The molecule has 146 heavy (non-hydrogen) atoms. The molecule has 1 saturated carbocycles. The third-order valence-electron chi connectivity index (χ3n) is 26.8. The zero-order chi connectivity index (χ0) is 102. The first kappa shape index (κ1) is 95.1. The summed E-state index contributed by atoms with van der Waals surface area (Å²) in [5.74, 6) is -3.78. The van der Waals surface area contributed by atoms with Gasteiger partial charge in [0.1, 0.15) is 17.2 Å². The lowest BCUT2D eigenvalue weighted by molar-refractivity contribution is -0.274. The van der Waals surface area contributed by atoms with Gasteiger partial charge in [-0.05, 0) is 262 Å². The van der Waals surface area contributed by atoms with Crippen LogP contribution in [0.1, 0.15) is 199 Å². The number of carboxylic acids is 6. The van der Waals surface area contributed by atoms with Crippen molar-refractivity contribution in [1.29, 1.82) is 0 Å². The van der Waals surface area contributed by atoms with Crippen molar-refractivity contribution in [2.75, 3.05) is 14.2 Å². The number of carbonyl (C=O) groups is 6. The van der Waals surface area contributed by atoms with Crippen molar-refractivity contribution in [2.45, 2.75) is 77.5 Å². The minimum Gasteiger partial charge on any atom is -0.497 e. The van der Waals surface area contributed by atoms with E-state index in [1.165, 1.54) is 72.4 Å². The van der Waals surface area contributed by atoms with Gasteiger partial charge in [0.2, 0.25) is 0 Å². The topological polar surface area (TPSA) is 436 Å². The fourth-order valence-corrected chi connectivity index (χ4v) is 20.2. The average Bonchev–Trinajstić information content (AvgIpc) is 1.57. The summed E-state index contributed by atoms with van der Waals surface area (Å²) in [7, 11) is 14.5. The van der Waals surface area contributed by atoms with Gasteiger partial charge in [0.15, 0.2) is 0 Å². The summed E-state index contributed by atoms with van der Waals surface area (Å²) < 4.78 is 63.0. The van der Waals surface area contributed by atoms with Crippen molar-refractivity contribution >= 4 is 171 Å². The summed E-state index contributed by atoms with van der Waals surface area (Å²) in [5.41, 5.74) is 30.7. The Morgan fingerprint density at radius 1 is 0.295 bits per heavy atom. The molecule has 0 unspecified atom stereocenters. The third-order valence-corrected chi connectivity index (χ3v) is 26.8. The number of nitrogens with zero attached hydrogens (tertiary/aromatic N) is 18. The number of ether oxygens (including phenoxy) is 3. The standard InChI is InChI=1S/C20H17N3O2.C18H12F3N3O3.2C18H15N3O3.2C18H15N3O2/c1-23-19(16-8-12(11-2-3-11)4-5-17(16)22-23)13-9-15-14(20(24)25)6-7-21-18(15)10-13;1-24-16(9-6-12-11(17(25)26)4-5-22-15(12)7-9)13-8-10(27-18(19,20)21)2-3-14(13)23-24;1-21-17(14-9-11(24-2)3-4-15(14)20-21)10-7-13-12(18(22)23)5-6-19-16(13)8-10;1-21-17(13-4-3-11(24-2)9-16(13)20-21)10-7-14-12(18(22)23)5-6-19-15(14)8-10;1-10-3-4-15-14(7-10)17(21(2)20-15)11-8-13-12(18(22)23)5-6-19-16(13)9-11;1-10-3-4-13-16(7-10)20-21(2)17(13)11-8-14-12(18(22)23)5-6-19-15(14)9-11/h4-8,10-11H,2-3,9H2,1H3,(H,24,25);2-5,7-8H,6H2,1H3,(H,25,26);2*3-6,8-9H,7H2,1-2H3,(H,22,23);2*3-7,9H,8H2,1-2H3,(H,22,23). The highest BCUT2D eigenvalue weighted by atomic mass is 19.4. The second-order valence-electron chi connectivity index (χ2n) is 36.2. The van der Waals surface area contributed by atoms with Crippen LogP contribution < -0.4 is 14.2 Å². The molecule has 0 bridgehead atoms. The molecule has 0 radical (unpaired) electrons. The van der Waals surface area contributed by atoms with Crippen molar-refractivity contribution in [3.8, 4) is 17.2 Å². The molecule has 0 spiro atoms. The van der Waals surface area contributed by atoms with Gasteiger partial charge in [-0.25, -0.2) is 28.8 Å². The van der Waals surface area contributed by atoms with Crippen LogP contribution in [0, 0.1) is 13.8 Å². The van der Waals surface area contributed by atoms with Gasteiger partial charge in [-0.2, -0.15) is 30.6 Å². The number of aromatic carboxylic acids is 6. The molecule has 6 N–H and O–H groups in total. The highest BCUT2D eigenvalue weighted by molar-refractivity contribution is 6.08. The van der Waals surface area contributed by atoms with Crippen molar-refractivity contribution in [3.63, 3.8) is 0 Å². The molecular weight excluding hydrogens is 1870 g/mol. The first-order valence-electron chi connectivity index (χ1n) is 46.2. The predicted octanol–water partition coefficient (Wildman–Crippen LogP) is 19.0. The van der Waals surface area contributed by atoms with Crippen molar-refractivity contribution in [1.82, 2.24) is 88.6 Å². The number of hydrogen-bond acceptors (Lipinski definition) is 21. The Labute approximate surface area is 827 Å². The number of allylic oxidation sites excluding steroid dienone is 6. The Balaban J connectivity index is 0.000000107. The van der Waals surface area contributed by atoms with E-state index >= 15 is 0 Å². The molecule has 12 heterocycles. The van der Waals surface area contributed by atoms with E-state index in [0.717, 1.165) is 173 Å². The zero-order valence-electron chi connectivity index (χ0n) is 80.1. The summed E-state index contributed by atoms with van der Waals surface area (Å²) >= 11 is 0. The van der Waals surface area contributed by atoms with Crippen LogP contribution in [0.25, 0.3) is 135 Å². The number of aromatic nitrogens is 18. The number of fused-ring (bicyclic) bond motifs is 12. The smallest absolute Gasteiger partial charge is 0.497 e. The maximum atomic E-state index is 12.5. The van der Waals surface area contributed by atoms with E-state index in [1.54, 1.807) is 80.9 Å². The van der Waals surface area contributed by atoms with Crippen LogP contribution in [-0.4, -0.2) is 176 Å². The Kier molecular flexibility index (Phi) is 24.6. The maximum Gasteiger partial charge on any atom is 0.573 e. The van der Waals surface area contributed by atoms with Gasteiger partial charge in [-0.15, -0.1) is 13.2 Å². The van der Waals surface area contributed by atoms with E-state index < -0.39 is 42.2 Å². The predicted molar refractivity (Wildman–Crippen MR) is 542 cm³/mol. The molecule has 6 aromatic carbocycles. The van der Waals surface area contributed by atoms with E-state index in [9.17, 15) is 72.6 Å². The SMILES string of the molecule is COc1ccc2c(C3=Cc4nccc(C(=O)O)c4C3)n(C)nc2c1.COc1ccc2nn(C)c(C3=Cc4nccc(C(=O)O)c4C3)c2c1.Cc1ccc2c(C3=Cc4nccc(C(=O)O)c4C3)n(C)nc2c1.Cc1ccc2nn(C)c(C3=Cc4nccc(C(=O)O)c4C3)c2c1.Cn1nc2ccc(C3CC3)cc2c1C1=Cc2nccc(C(=O)O)c2C1.Cn1nc2ccc(OC(F)(F)F)cc2c1C1=Cc2nccc(C(=O)O)c2C1. The Morgan fingerprint density at radius 3 is 0.856 bits per heavy atom. The van der Waals surface area contributed by atoms with E-state index in [2.05, 4.69) is 115 Å². The van der Waals surface area contributed by atoms with Gasteiger partial charge in [0, 0.05) is 156 Å². The Morgan fingerprint density at radius 2 is 0.541 bits per heavy atom. The van der Waals surface area contributed by atoms with Crippen LogP contribution in [0.15, 0.2) is 183 Å². The number of methoxy groups -OCH3 is 2. The summed E-state index contributed by atoms with van der Waals surface area (Å²) in [6.45, 7) is 4.10. The van der Waals surface area contributed by atoms with E-state index in [0.29, 0.717) is 112 Å². The van der Waals surface area contributed by atoms with Crippen LogP contribution in [-0.2, 0) is 80.8 Å². The summed E-state index contributed by atoms with van der Waals surface area (Å²) in [5, 5.41) is 89.2. The molecule has 33 nitrogen and oxygen atoms in total. The highest BCUT2D eigenvalue weighted by Crippen LogP contribution is 2.47. The summed E-state index contributed by atoms with van der Waals surface area (Å²) in [6.07, 6.45) is 21.5. The molecule has 0 atom stereocenters. The van der Waals surface area contributed by atoms with E-state index in [1.807, 2.05) is 144 Å². The number of alkyl halides is 3. The quantitative estimate of drug-likeness (QED) is 0.0523. The zero-order valence-corrected chi connectivity index (χ0v) is 80.1. The van der Waals surface area contributed by atoms with Crippen molar-refractivity contribution in [2.24, 2.45) is 42.3 Å². The number of halogens is 3. The summed E-state index contributed by atoms with van der Waals surface area (Å²) in [4.78, 5) is 94.4. The van der Waals surface area contributed by atoms with Crippen molar-refractivity contribution in [3.05, 3.63) is 335 Å². The fraction of sp³-hybridized carbons (Fsp3) is 0.182. The minimum absolute atomic E-state index is 0.152. The van der Waals surface area contributed by atoms with Crippen LogP contribution in [0.4, 0.5) is 13.2 Å². The number of aryl methyl sites for hydroxylation is 8. The molecule has 36 heteroatoms. The number of pyridine rings is 6. The molecule has 0 saturated heterocycles. The number of carboxylic acid groups (broad SMARTS) is 6. The molecule has 7 aliphatic rings. The van der Waals surface area contributed by atoms with Crippen LogP contribution in [0.5, 0.6) is 17.2 Å². The fourth-order valence-electron chi connectivity index (χ4n) is 20.2. The van der Waals surface area contributed by atoms with Gasteiger partial charge in [0.25, 0.3) is 0 Å². The summed E-state index contributed by atoms with van der Waals surface area (Å²) in [6, 6.07) is 43.5. The monoisotopic (exact) mass is 1960 g/mol. The van der Waals surface area contributed by atoms with E-state index in [-0.39, 0.29) is 11.3 Å². The van der Waals surface area contributed by atoms with Gasteiger partial charge in [-0.3, -0.25) is 58.0 Å². The molecule has 1 fully saturated rings. The molecule has 7 aliphatic carbocycles. The van der Waals surface area contributed by atoms with Gasteiger partial charge < -0.3 is 44.8 Å². The first-order chi connectivity index (χ1) is 70.1. The second kappa shape index (κ2) is 37.8. The average molecular weight is 1960 g/mol. The van der Waals surface area contributed by atoms with Crippen LogP contribution in [0.2, 0.25) is 0 Å². The lowest BCUT2D eigenvalue weighted by atomic mass is 10.0. The number of hydrogen-bond donors (Lipinski definition) is 6. The molecule has 0 aliphatic heterocycles. The largest absolute Gasteiger partial charge is 0.573 e. The molecule has 730 valence electrons. The number of benzene rings is 6. The minimum atomic E-state index is -4.79. The van der Waals surface area contributed by atoms with E-state index in [4.69, 9.17) is 9.47 Å². The molecule has 18 aromatic rings. The Bertz CT molecular complexity index is 8840. The van der Waals surface area contributed by atoms with Gasteiger partial charge >= 0.3 is 42.2 Å². The van der Waals surface area contributed by atoms with Gasteiger partial charge in [-0.1, -0.05) is 29.8 Å². The molecule has 25 rings (SSSR count). The first-order valence-corrected chi connectivity index (χ1v) is 46.2. The second-order valence-corrected chi connectivity index (χ2v) is 36.2. The Hall–Kier alpha value is -18.5. The normalized spacial score (nSPS) is 13.7. The lowest BCUT2D eigenvalue weighted by Gasteiger charge is -2.09. The number of rotatable bonds is 16. The van der Waals surface area contributed by atoms with Crippen molar-refractivity contribution < 1.29 is 86.8 Å². The van der Waals surface area contributed by atoms with Crippen LogP contribution in [0.3, 0.4) is 0 Å². The third kappa shape index (κ3) is 18.1. The highest BCUT2D eigenvalue weighted by Gasteiger charge is 2.36. The molecule has 12 aromatic heterocycles. The maximum absolute atomic E-state index is 12.5. The molecule has 0 amide bonds.